The smallest absolute Gasteiger partial charge is 0.264 e. The number of ether oxygens (including phenoxy) is 1. The Hall–Kier alpha value is -1.61. The predicted octanol–water partition coefficient (Wildman–Crippen LogP) is 4.53. The van der Waals surface area contributed by atoms with Crippen molar-refractivity contribution in [1.82, 2.24) is 4.90 Å². The van der Waals surface area contributed by atoms with Gasteiger partial charge in [-0.15, -0.1) is 0 Å². The third kappa shape index (κ3) is 8.11. The summed E-state index contributed by atoms with van der Waals surface area (Å²) >= 11 is 3.32. The van der Waals surface area contributed by atoms with Crippen LogP contribution >= 0.6 is 15.9 Å². The van der Waals surface area contributed by atoms with Crippen LogP contribution in [0.3, 0.4) is 0 Å². The predicted molar refractivity (Wildman–Crippen MR) is 129 cm³/mol. The van der Waals surface area contributed by atoms with Gasteiger partial charge in [0.1, 0.15) is 5.75 Å². The van der Waals surface area contributed by atoms with Crippen LogP contribution in [-0.2, 0) is 10.0 Å². The summed E-state index contributed by atoms with van der Waals surface area (Å²) in [5.41, 5.74) is 0.582. The molecule has 1 N–H and O–H groups in total. The van der Waals surface area contributed by atoms with Crippen molar-refractivity contribution in [2.75, 3.05) is 44.2 Å². The zero-order chi connectivity index (χ0) is 22.7. The Labute approximate surface area is 195 Å². The van der Waals surface area contributed by atoms with Gasteiger partial charge < -0.3 is 14.7 Å². The molecule has 172 valence electrons. The topological polar surface area (TPSA) is 70.1 Å². The Kier molecular flexibility index (Phi) is 10.8. The molecular formula is C23H33BrN2O4S. The highest BCUT2D eigenvalue weighted by Gasteiger charge is 2.21. The monoisotopic (exact) mass is 512 g/mol. The van der Waals surface area contributed by atoms with Gasteiger partial charge in [0.05, 0.1) is 23.8 Å². The molecule has 0 heterocycles. The molecule has 0 saturated heterocycles. The van der Waals surface area contributed by atoms with Gasteiger partial charge in [-0.2, -0.15) is 0 Å². The fraction of sp³-hybridized carbons (Fsp3) is 0.478. The first-order valence-corrected chi connectivity index (χ1v) is 12.9. The lowest BCUT2D eigenvalue weighted by atomic mass is 10.2. The molecular weight excluding hydrogens is 480 g/mol. The van der Waals surface area contributed by atoms with E-state index < -0.39 is 10.0 Å². The fourth-order valence-electron chi connectivity index (χ4n) is 3.21. The largest absolute Gasteiger partial charge is 0.494 e. The lowest BCUT2D eigenvalue weighted by Crippen LogP contribution is -2.27. The Morgan fingerprint density at radius 2 is 1.58 bits per heavy atom. The molecule has 0 aromatic heterocycles. The Morgan fingerprint density at radius 3 is 2.19 bits per heavy atom. The molecule has 0 atom stereocenters. The summed E-state index contributed by atoms with van der Waals surface area (Å²) in [5, 5.41) is 9.00. The summed E-state index contributed by atoms with van der Waals surface area (Å²) in [7, 11) is -2.06. The van der Waals surface area contributed by atoms with Crippen LogP contribution in [0.4, 0.5) is 5.69 Å². The van der Waals surface area contributed by atoms with Gasteiger partial charge in [-0.1, -0.05) is 35.7 Å². The minimum absolute atomic E-state index is 0.215. The zero-order valence-electron chi connectivity index (χ0n) is 18.3. The van der Waals surface area contributed by atoms with E-state index in [0.29, 0.717) is 12.3 Å². The van der Waals surface area contributed by atoms with Gasteiger partial charge >= 0.3 is 0 Å². The van der Waals surface area contributed by atoms with Crippen LogP contribution in [0, 0.1) is 0 Å². The molecule has 2 aromatic carbocycles. The molecule has 31 heavy (non-hydrogen) atoms. The number of halogens is 1. The van der Waals surface area contributed by atoms with Gasteiger partial charge in [-0.25, -0.2) is 8.42 Å². The van der Waals surface area contributed by atoms with Gasteiger partial charge in [0.25, 0.3) is 10.0 Å². The number of nitrogens with zero attached hydrogens (tertiary/aromatic N) is 2. The number of aliphatic hydroxyl groups excluding tert-OH is 1. The summed E-state index contributed by atoms with van der Waals surface area (Å²) in [6.45, 7) is 5.71. The number of likely N-dealkylation sites (N-methyl/N-ethyl adjacent to an activating group) is 1. The van der Waals surface area contributed by atoms with Crippen LogP contribution in [0.2, 0.25) is 0 Å². The van der Waals surface area contributed by atoms with Crippen LogP contribution in [0.15, 0.2) is 57.9 Å². The lowest BCUT2D eigenvalue weighted by molar-refractivity contribution is 0.199. The van der Waals surface area contributed by atoms with Crippen molar-refractivity contribution < 1.29 is 18.3 Å². The van der Waals surface area contributed by atoms with Gasteiger partial charge in [0.2, 0.25) is 0 Å². The van der Waals surface area contributed by atoms with Crippen LogP contribution < -0.4 is 9.04 Å². The standard InChI is InChI=1S/C23H33BrN2O4S/c1-3-26(17-18-27)16-6-4-5-7-19-30-22-12-10-21(11-13-22)25(2)31(28,29)23-14-8-20(24)9-15-23/h8-15,27H,3-7,16-19H2,1-2H3. The van der Waals surface area contributed by atoms with E-state index in [9.17, 15) is 8.42 Å². The van der Waals surface area contributed by atoms with Crippen molar-refractivity contribution in [3.8, 4) is 5.75 Å². The number of hydrogen-bond acceptors (Lipinski definition) is 5. The summed E-state index contributed by atoms with van der Waals surface area (Å²) in [4.78, 5) is 2.50. The van der Waals surface area contributed by atoms with E-state index >= 15 is 0 Å². The third-order valence-corrected chi connectivity index (χ3v) is 7.50. The van der Waals surface area contributed by atoms with Gasteiger partial charge in [0, 0.05) is 18.1 Å². The SMILES string of the molecule is CCN(CCO)CCCCCCOc1ccc(N(C)S(=O)(=O)c2ccc(Br)cc2)cc1. The van der Waals surface area contributed by atoms with Crippen molar-refractivity contribution in [2.24, 2.45) is 0 Å². The minimum atomic E-state index is -3.61. The normalized spacial score (nSPS) is 11.6. The average Bonchev–Trinajstić information content (AvgIpc) is 2.78. The number of aliphatic hydroxyl groups is 1. The number of anilines is 1. The quantitative estimate of drug-likeness (QED) is 0.376. The zero-order valence-corrected chi connectivity index (χ0v) is 20.7. The molecule has 0 spiro atoms. The number of unbranched alkanes of at least 4 members (excludes halogenated alkanes) is 3. The Balaban J connectivity index is 1.76. The second-order valence-electron chi connectivity index (χ2n) is 7.34. The minimum Gasteiger partial charge on any atom is -0.494 e. The van der Waals surface area contributed by atoms with Crippen molar-refractivity contribution in [3.05, 3.63) is 53.0 Å². The molecule has 2 rings (SSSR count). The van der Waals surface area contributed by atoms with E-state index in [2.05, 4.69) is 27.8 Å². The van der Waals surface area contributed by atoms with E-state index in [1.165, 1.54) is 4.31 Å². The highest BCUT2D eigenvalue weighted by molar-refractivity contribution is 9.10. The van der Waals surface area contributed by atoms with Crippen molar-refractivity contribution in [2.45, 2.75) is 37.5 Å². The summed E-state index contributed by atoms with van der Waals surface area (Å²) in [5.74, 6) is 0.735. The van der Waals surface area contributed by atoms with E-state index in [4.69, 9.17) is 9.84 Å². The molecule has 0 aliphatic heterocycles. The maximum absolute atomic E-state index is 12.8. The first-order chi connectivity index (χ1) is 14.9. The summed E-state index contributed by atoms with van der Waals surface area (Å²) in [6, 6.07) is 13.7. The second kappa shape index (κ2) is 13.1. The van der Waals surface area contributed by atoms with Gasteiger partial charge in [-0.3, -0.25) is 4.31 Å². The first kappa shape index (κ1) is 25.6. The number of hydrogen-bond donors (Lipinski definition) is 1. The van der Waals surface area contributed by atoms with Gasteiger partial charge in [-0.05, 0) is 74.5 Å². The Bertz CT molecular complexity index is 873. The molecule has 0 radical (unpaired) electrons. The number of rotatable bonds is 14. The first-order valence-electron chi connectivity index (χ1n) is 10.7. The van der Waals surface area contributed by atoms with E-state index in [0.717, 1.165) is 55.5 Å². The molecule has 0 aliphatic rings. The Morgan fingerprint density at radius 1 is 0.935 bits per heavy atom. The maximum atomic E-state index is 12.8. The molecule has 0 bridgehead atoms. The highest BCUT2D eigenvalue weighted by atomic mass is 79.9. The van der Waals surface area contributed by atoms with E-state index in [-0.39, 0.29) is 11.5 Å². The molecule has 0 aliphatic carbocycles. The van der Waals surface area contributed by atoms with E-state index in [1.54, 1.807) is 55.6 Å². The van der Waals surface area contributed by atoms with Gasteiger partial charge in [0.15, 0.2) is 0 Å². The molecule has 8 heteroatoms. The van der Waals surface area contributed by atoms with Crippen LogP contribution in [0.5, 0.6) is 5.75 Å². The molecule has 0 amide bonds. The molecule has 0 fully saturated rings. The molecule has 0 saturated carbocycles. The van der Waals surface area contributed by atoms with Crippen LogP contribution in [0.25, 0.3) is 0 Å². The molecule has 6 nitrogen and oxygen atoms in total. The molecule has 2 aromatic rings. The van der Waals surface area contributed by atoms with Crippen molar-refractivity contribution >= 4 is 31.6 Å². The number of benzene rings is 2. The number of sulfonamides is 1. The highest BCUT2D eigenvalue weighted by Crippen LogP contribution is 2.25. The van der Waals surface area contributed by atoms with Crippen molar-refractivity contribution in [3.63, 3.8) is 0 Å². The summed E-state index contributed by atoms with van der Waals surface area (Å²) < 4.78 is 33.5. The van der Waals surface area contributed by atoms with Crippen molar-refractivity contribution in [1.29, 1.82) is 0 Å². The van der Waals surface area contributed by atoms with Crippen LogP contribution in [0.1, 0.15) is 32.6 Å². The van der Waals surface area contributed by atoms with Crippen LogP contribution in [-0.4, -0.2) is 58.3 Å². The fourth-order valence-corrected chi connectivity index (χ4v) is 4.67. The molecule has 0 unspecified atom stereocenters. The summed E-state index contributed by atoms with van der Waals surface area (Å²) in [6.07, 6.45) is 4.35. The second-order valence-corrected chi connectivity index (χ2v) is 10.2. The lowest BCUT2D eigenvalue weighted by Gasteiger charge is -2.20. The van der Waals surface area contributed by atoms with E-state index in [1.807, 2.05) is 0 Å². The third-order valence-electron chi connectivity index (χ3n) is 5.17. The maximum Gasteiger partial charge on any atom is 0.264 e. The average molecular weight is 513 g/mol.